The monoisotopic (exact) mass is 322 g/mol. The lowest BCUT2D eigenvalue weighted by Gasteiger charge is -2.40. The van der Waals surface area contributed by atoms with E-state index in [9.17, 15) is 4.79 Å². The highest BCUT2D eigenvalue weighted by Crippen LogP contribution is 2.28. The zero-order valence-electron chi connectivity index (χ0n) is 13.4. The molecule has 22 heavy (non-hydrogen) atoms. The van der Waals surface area contributed by atoms with Crippen molar-refractivity contribution < 1.29 is 4.79 Å². The van der Waals surface area contributed by atoms with Crippen LogP contribution in [0.5, 0.6) is 0 Å². The molecule has 1 amide bonds. The molecule has 2 N–H and O–H groups in total. The van der Waals surface area contributed by atoms with Crippen molar-refractivity contribution in [3.05, 3.63) is 16.1 Å². The Kier molecular flexibility index (Phi) is 4.80. The van der Waals surface area contributed by atoms with Gasteiger partial charge in [-0.2, -0.15) is 0 Å². The predicted molar refractivity (Wildman–Crippen MR) is 88.7 cm³/mol. The second kappa shape index (κ2) is 6.64. The van der Waals surface area contributed by atoms with Gasteiger partial charge in [0.15, 0.2) is 0 Å². The molecule has 0 spiro atoms. The number of carbonyl (C=O) groups is 1. The van der Waals surface area contributed by atoms with Crippen LogP contribution in [0.25, 0.3) is 0 Å². The quantitative estimate of drug-likeness (QED) is 0.921. The molecule has 2 aliphatic rings. The van der Waals surface area contributed by atoms with E-state index in [1.54, 1.807) is 11.3 Å². The molecule has 2 fully saturated rings. The number of carbonyl (C=O) groups excluding carboxylic acids is 1. The molecule has 5 nitrogen and oxygen atoms in total. The van der Waals surface area contributed by atoms with Gasteiger partial charge in [0, 0.05) is 38.1 Å². The van der Waals surface area contributed by atoms with Crippen LogP contribution in [-0.2, 0) is 11.3 Å². The van der Waals surface area contributed by atoms with Gasteiger partial charge < -0.3 is 10.6 Å². The molecule has 0 atom stereocenters. The molecular formula is C16H26N4OS. The van der Waals surface area contributed by atoms with E-state index in [1.807, 2.05) is 11.8 Å². The third-order valence-corrected chi connectivity index (χ3v) is 5.71. The lowest BCUT2D eigenvalue weighted by atomic mass is 9.81. The fourth-order valence-electron chi connectivity index (χ4n) is 3.53. The van der Waals surface area contributed by atoms with E-state index in [1.165, 1.54) is 6.42 Å². The molecule has 0 unspecified atom stereocenters. The summed E-state index contributed by atoms with van der Waals surface area (Å²) in [5.41, 5.74) is 6.93. The average Bonchev–Trinajstić information content (AvgIpc) is 2.93. The largest absolute Gasteiger partial charge is 0.339 e. The van der Waals surface area contributed by atoms with Gasteiger partial charge in [-0.25, -0.2) is 4.98 Å². The van der Waals surface area contributed by atoms with Gasteiger partial charge >= 0.3 is 0 Å². The standard InChI is InChI=1S/C16H26N4OS/c1-13-18-14(12-22-13)11-19-7-9-20(10-8-19)15(21)16(17)5-3-2-4-6-16/h12H,2-11,17H2,1H3. The third kappa shape index (κ3) is 3.50. The molecule has 0 bridgehead atoms. The summed E-state index contributed by atoms with van der Waals surface area (Å²) in [6, 6.07) is 0. The number of thiazole rings is 1. The van der Waals surface area contributed by atoms with Gasteiger partial charge in [-0.3, -0.25) is 9.69 Å². The zero-order valence-corrected chi connectivity index (χ0v) is 14.2. The minimum Gasteiger partial charge on any atom is -0.339 e. The lowest BCUT2D eigenvalue weighted by molar-refractivity contribution is -0.140. The van der Waals surface area contributed by atoms with Crippen molar-refractivity contribution in [2.45, 2.75) is 51.1 Å². The number of rotatable bonds is 3. The first-order valence-electron chi connectivity index (χ1n) is 8.28. The third-order valence-electron chi connectivity index (χ3n) is 4.88. The second-order valence-corrected chi connectivity index (χ2v) is 7.71. The molecule has 3 rings (SSSR count). The highest BCUT2D eigenvalue weighted by atomic mass is 32.1. The number of hydrogen-bond acceptors (Lipinski definition) is 5. The normalized spacial score (nSPS) is 22.7. The van der Waals surface area contributed by atoms with Crippen molar-refractivity contribution in [1.82, 2.24) is 14.8 Å². The Bertz CT molecular complexity index is 516. The number of aromatic nitrogens is 1. The van der Waals surface area contributed by atoms with Gasteiger partial charge in [0.05, 0.1) is 16.2 Å². The SMILES string of the molecule is Cc1nc(CN2CCN(C(=O)C3(N)CCCCC3)CC2)cs1. The molecule has 1 aromatic rings. The molecule has 0 aromatic carbocycles. The number of piperazine rings is 1. The number of hydrogen-bond donors (Lipinski definition) is 1. The van der Waals surface area contributed by atoms with Crippen LogP contribution in [0.4, 0.5) is 0 Å². The van der Waals surface area contributed by atoms with Crippen LogP contribution in [0.1, 0.15) is 42.8 Å². The molecule has 1 aliphatic heterocycles. The van der Waals surface area contributed by atoms with Crippen molar-refractivity contribution in [3.8, 4) is 0 Å². The molecule has 122 valence electrons. The minimum atomic E-state index is -0.591. The van der Waals surface area contributed by atoms with Crippen LogP contribution < -0.4 is 5.73 Å². The molecule has 1 saturated heterocycles. The molecule has 1 aromatic heterocycles. The van der Waals surface area contributed by atoms with Crippen LogP contribution in [0.2, 0.25) is 0 Å². The Morgan fingerprint density at radius 3 is 2.55 bits per heavy atom. The summed E-state index contributed by atoms with van der Waals surface area (Å²) in [6.07, 6.45) is 5.10. The van der Waals surface area contributed by atoms with E-state index in [0.29, 0.717) is 0 Å². The van der Waals surface area contributed by atoms with Crippen molar-refractivity contribution in [2.24, 2.45) is 5.73 Å². The average molecular weight is 322 g/mol. The van der Waals surface area contributed by atoms with Crippen LogP contribution in [0, 0.1) is 6.92 Å². The van der Waals surface area contributed by atoms with Crippen LogP contribution in [-0.4, -0.2) is 52.4 Å². The van der Waals surface area contributed by atoms with E-state index >= 15 is 0 Å². The molecule has 0 radical (unpaired) electrons. The van der Waals surface area contributed by atoms with Crippen LogP contribution >= 0.6 is 11.3 Å². The molecule has 1 aliphatic carbocycles. The summed E-state index contributed by atoms with van der Waals surface area (Å²) in [6.45, 7) is 6.34. The fourth-order valence-corrected chi connectivity index (χ4v) is 4.13. The van der Waals surface area contributed by atoms with E-state index in [2.05, 4.69) is 15.3 Å². The van der Waals surface area contributed by atoms with Crippen molar-refractivity contribution in [1.29, 1.82) is 0 Å². The molecule has 6 heteroatoms. The van der Waals surface area contributed by atoms with Crippen LogP contribution in [0.15, 0.2) is 5.38 Å². The summed E-state index contributed by atoms with van der Waals surface area (Å²) in [5, 5.41) is 3.25. The van der Waals surface area contributed by atoms with Crippen molar-refractivity contribution >= 4 is 17.2 Å². The number of amides is 1. The highest BCUT2D eigenvalue weighted by molar-refractivity contribution is 7.09. The van der Waals surface area contributed by atoms with Gasteiger partial charge in [0.25, 0.3) is 0 Å². The van der Waals surface area contributed by atoms with Crippen molar-refractivity contribution in [2.75, 3.05) is 26.2 Å². The summed E-state index contributed by atoms with van der Waals surface area (Å²) in [7, 11) is 0. The number of nitrogens with two attached hydrogens (primary N) is 1. The summed E-state index contributed by atoms with van der Waals surface area (Å²) in [4.78, 5) is 21.6. The maximum absolute atomic E-state index is 12.7. The van der Waals surface area contributed by atoms with Gasteiger partial charge in [-0.05, 0) is 19.8 Å². The summed E-state index contributed by atoms with van der Waals surface area (Å²) in [5.74, 6) is 0.177. The smallest absolute Gasteiger partial charge is 0.242 e. The van der Waals surface area contributed by atoms with Crippen molar-refractivity contribution in [3.63, 3.8) is 0 Å². The molecule has 2 heterocycles. The Hall–Kier alpha value is -0.980. The first-order chi connectivity index (χ1) is 10.6. The number of nitrogens with zero attached hydrogens (tertiary/aromatic N) is 3. The zero-order chi connectivity index (χ0) is 15.6. The Labute approximate surface area is 136 Å². The Morgan fingerprint density at radius 1 is 1.27 bits per heavy atom. The minimum absolute atomic E-state index is 0.177. The first-order valence-corrected chi connectivity index (χ1v) is 9.16. The maximum Gasteiger partial charge on any atom is 0.242 e. The Morgan fingerprint density at radius 2 is 1.95 bits per heavy atom. The van der Waals surface area contributed by atoms with Crippen LogP contribution in [0.3, 0.4) is 0 Å². The highest BCUT2D eigenvalue weighted by Gasteiger charge is 2.39. The lowest BCUT2D eigenvalue weighted by Crippen LogP contribution is -2.60. The van der Waals surface area contributed by atoms with E-state index in [-0.39, 0.29) is 5.91 Å². The summed E-state index contributed by atoms with van der Waals surface area (Å²) < 4.78 is 0. The number of aryl methyl sites for hydroxylation is 1. The molecular weight excluding hydrogens is 296 g/mol. The van der Waals surface area contributed by atoms with E-state index in [4.69, 9.17) is 5.73 Å². The van der Waals surface area contributed by atoms with Gasteiger partial charge in [0.2, 0.25) is 5.91 Å². The van der Waals surface area contributed by atoms with E-state index in [0.717, 1.165) is 69.1 Å². The van der Waals surface area contributed by atoms with Gasteiger partial charge in [-0.1, -0.05) is 19.3 Å². The molecule has 1 saturated carbocycles. The second-order valence-electron chi connectivity index (χ2n) is 6.64. The van der Waals surface area contributed by atoms with Gasteiger partial charge in [-0.15, -0.1) is 11.3 Å². The van der Waals surface area contributed by atoms with E-state index < -0.39 is 5.54 Å². The van der Waals surface area contributed by atoms with Gasteiger partial charge in [0.1, 0.15) is 0 Å². The maximum atomic E-state index is 12.7. The Balaban J connectivity index is 1.51. The summed E-state index contributed by atoms with van der Waals surface area (Å²) >= 11 is 1.70. The topological polar surface area (TPSA) is 62.5 Å². The first kappa shape index (κ1) is 15.9. The fraction of sp³-hybridized carbons (Fsp3) is 0.750. The predicted octanol–water partition coefficient (Wildman–Crippen LogP) is 1.76.